The molecule has 6 nitrogen and oxygen atoms in total. The van der Waals surface area contributed by atoms with Crippen molar-refractivity contribution in [2.45, 2.75) is 50.9 Å². The zero-order chi connectivity index (χ0) is 24.2. The predicted molar refractivity (Wildman–Crippen MR) is 138 cm³/mol. The number of carbonyl (C=O) groups excluding carboxylic acids is 1. The van der Waals surface area contributed by atoms with Crippen molar-refractivity contribution in [3.05, 3.63) is 77.6 Å². The van der Waals surface area contributed by atoms with Crippen LogP contribution < -0.4 is 10.8 Å². The predicted octanol–water partition coefficient (Wildman–Crippen LogP) is 4.31. The van der Waals surface area contributed by atoms with Crippen molar-refractivity contribution in [2.24, 2.45) is 0 Å². The van der Waals surface area contributed by atoms with Gasteiger partial charge in [0.2, 0.25) is 0 Å². The molecule has 4 aromatic rings. The first-order valence-corrected chi connectivity index (χ1v) is 12.4. The molecule has 1 amide bonds. The molecule has 0 saturated heterocycles. The number of aryl methyl sites for hydroxylation is 1. The zero-order valence-electron chi connectivity index (χ0n) is 19.8. The number of nitrogens with one attached hydrogen (secondary N) is 1. The number of fused-ring (bicyclic) bond motifs is 1. The van der Waals surface area contributed by atoms with Crippen LogP contribution in [0.25, 0.3) is 16.9 Å². The Morgan fingerprint density at radius 2 is 1.86 bits per heavy atom. The van der Waals surface area contributed by atoms with E-state index >= 15 is 0 Å². The lowest BCUT2D eigenvalue weighted by Crippen LogP contribution is -2.25. The molecule has 1 aliphatic carbocycles. The Balaban J connectivity index is 1.23. The molecule has 1 aliphatic rings. The van der Waals surface area contributed by atoms with Crippen LogP contribution in [0.4, 0.5) is 0 Å². The number of phenols is 1. The Morgan fingerprint density at radius 1 is 1.09 bits per heavy atom. The smallest absolute Gasteiger partial charge is 0.251 e. The topological polar surface area (TPSA) is 79.5 Å². The van der Waals surface area contributed by atoms with Gasteiger partial charge in [0.25, 0.3) is 5.91 Å². The molecule has 7 heteroatoms. The van der Waals surface area contributed by atoms with E-state index in [2.05, 4.69) is 27.5 Å². The van der Waals surface area contributed by atoms with E-state index in [1.54, 1.807) is 22.8 Å². The number of hydrogen-bond donors (Lipinski definition) is 2. The van der Waals surface area contributed by atoms with Crippen LogP contribution in [0.15, 0.2) is 60.8 Å². The minimum Gasteiger partial charge on any atom is -0.507 e. The SMILES string of the molecule is [B]c1cnn2c(CCCNC(=O)c3ccc(C4CCCCC4)cc3)cc(-c3ccccc3O)nc12. The molecule has 0 aliphatic heterocycles. The van der Waals surface area contributed by atoms with Crippen LogP contribution in [0.1, 0.15) is 66.1 Å². The maximum Gasteiger partial charge on any atom is 0.251 e. The fraction of sp³-hybridized carbons (Fsp3) is 0.321. The lowest BCUT2D eigenvalue weighted by Gasteiger charge is -2.22. The molecule has 0 bridgehead atoms. The highest BCUT2D eigenvalue weighted by atomic mass is 16.3. The molecule has 176 valence electrons. The highest BCUT2D eigenvalue weighted by molar-refractivity contribution is 6.36. The van der Waals surface area contributed by atoms with Crippen molar-refractivity contribution in [1.29, 1.82) is 0 Å². The first-order chi connectivity index (χ1) is 17.1. The van der Waals surface area contributed by atoms with Crippen LogP contribution in [0.2, 0.25) is 0 Å². The number of aromatic hydroxyl groups is 1. The standard InChI is InChI=1S/C28H29BN4O2/c29-24-18-31-33-22(17-25(32-27(24)33)23-10-4-5-11-26(23)34)9-6-16-30-28(35)21-14-12-20(13-15-21)19-7-2-1-3-8-19/h4-5,10-15,17-19,34H,1-3,6-9,16H2,(H,30,35). The molecular formula is C28H29BN4O2. The summed E-state index contributed by atoms with van der Waals surface area (Å²) in [6.07, 6.45) is 9.42. The van der Waals surface area contributed by atoms with E-state index in [1.165, 1.54) is 37.7 Å². The average molecular weight is 464 g/mol. The third kappa shape index (κ3) is 5.09. The van der Waals surface area contributed by atoms with Gasteiger partial charge < -0.3 is 10.4 Å². The minimum atomic E-state index is -0.0571. The molecule has 35 heavy (non-hydrogen) atoms. The van der Waals surface area contributed by atoms with E-state index in [-0.39, 0.29) is 11.7 Å². The number of aromatic nitrogens is 3. The average Bonchev–Trinajstić information content (AvgIpc) is 3.28. The molecule has 0 unspecified atom stereocenters. The second kappa shape index (κ2) is 10.3. The lowest BCUT2D eigenvalue weighted by atomic mass is 9.84. The second-order valence-corrected chi connectivity index (χ2v) is 9.30. The fourth-order valence-electron chi connectivity index (χ4n) is 4.96. The van der Waals surface area contributed by atoms with Crippen molar-refractivity contribution >= 4 is 24.9 Å². The quantitative estimate of drug-likeness (QED) is 0.316. The normalized spacial score (nSPS) is 14.3. The van der Waals surface area contributed by atoms with Gasteiger partial charge in [0.05, 0.1) is 5.69 Å². The Labute approximate surface area is 206 Å². The van der Waals surface area contributed by atoms with Gasteiger partial charge >= 0.3 is 0 Å². The van der Waals surface area contributed by atoms with E-state index < -0.39 is 0 Å². The van der Waals surface area contributed by atoms with Crippen LogP contribution in [-0.2, 0) is 6.42 Å². The van der Waals surface area contributed by atoms with Gasteiger partial charge in [0, 0.05) is 29.6 Å². The third-order valence-electron chi connectivity index (χ3n) is 6.90. The Kier molecular flexibility index (Phi) is 6.84. The van der Waals surface area contributed by atoms with Gasteiger partial charge in [-0.1, -0.05) is 43.5 Å². The summed E-state index contributed by atoms with van der Waals surface area (Å²) in [7, 11) is 6.08. The Hall–Kier alpha value is -3.61. The highest BCUT2D eigenvalue weighted by Gasteiger charge is 2.16. The van der Waals surface area contributed by atoms with Crippen LogP contribution in [0, 0.1) is 0 Å². The van der Waals surface area contributed by atoms with Gasteiger partial charge in [-0.05, 0) is 73.0 Å². The molecule has 2 heterocycles. The number of phenolic OH excluding ortho intramolecular Hbond substituents is 1. The summed E-state index contributed by atoms with van der Waals surface area (Å²) >= 11 is 0. The molecule has 2 aromatic heterocycles. The van der Waals surface area contributed by atoms with Crippen LogP contribution >= 0.6 is 0 Å². The molecule has 2 N–H and O–H groups in total. The summed E-state index contributed by atoms with van der Waals surface area (Å²) in [5.41, 5.74) is 5.27. The summed E-state index contributed by atoms with van der Waals surface area (Å²) in [6, 6.07) is 17.1. The molecule has 5 rings (SSSR count). The molecular weight excluding hydrogens is 435 g/mol. The van der Waals surface area contributed by atoms with Gasteiger partial charge in [-0.3, -0.25) is 4.79 Å². The molecule has 2 radical (unpaired) electrons. The van der Waals surface area contributed by atoms with Crippen molar-refractivity contribution in [1.82, 2.24) is 19.9 Å². The van der Waals surface area contributed by atoms with Crippen molar-refractivity contribution in [3.8, 4) is 17.0 Å². The van der Waals surface area contributed by atoms with E-state index in [0.717, 1.165) is 12.1 Å². The molecule has 0 spiro atoms. The summed E-state index contributed by atoms with van der Waals surface area (Å²) in [4.78, 5) is 17.3. The lowest BCUT2D eigenvalue weighted by molar-refractivity contribution is 0.0953. The molecule has 0 atom stereocenters. The van der Waals surface area contributed by atoms with Gasteiger partial charge in [-0.2, -0.15) is 5.10 Å². The Morgan fingerprint density at radius 3 is 2.63 bits per heavy atom. The summed E-state index contributed by atoms with van der Waals surface area (Å²) in [5.74, 6) is 0.741. The maximum atomic E-state index is 12.7. The molecule has 2 aromatic carbocycles. The monoisotopic (exact) mass is 464 g/mol. The van der Waals surface area contributed by atoms with Crippen molar-refractivity contribution in [3.63, 3.8) is 0 Å². The van der Waals surface area contributed by atoms with E-state index in [0.29, 0.717) is 46.8 Å². The van der Waals surface area contributed by atoms with Crippen LogP contribution in [0.5, 0.6) is 5.75 Å². The number of rotatable bonds is 7. The largest absolute Gasteiger partial charge is 0.507 e. The highest BCUT2D eigenvalue weighted by Crippen LogP contribution is 2.32. The van der Waals surface area contributed by atoms with E-state index in [4.69, 9.17) is 7.85 Å². The van der Waals surface area contributed by atoms with Crippen molar-refractivity contribution < 1.29 is 9.90 Å². The van der Waals surface area contributed by atoms with Crippen molar-refractivity contribution in [2.75, 3.05) is 6.54 Å². The van der Waals surface area contributed by atoms with E-state index in [9.17, 15) is 9.90 Å². The minimum absolute atomic E-state index is 0.0571. The van der Waals surface area contributed by atoms with Gasteiger partial charge in [-0.25, -0.2) is 9.50 Å². The summed E-state index contributed by atoms with van der Waals surface area (Å²) < 4.78 is 1.73. The number of carbonyl (C=O) groups is 1. The van der Waals surface area contributed by atoms with Gasteiger partial charge in [-0.15, -0.1) is 0 Å². The fourth-order valence-corrected chi connectivity index (χ4v) is 4.96. The first kappa shape index (κ1) is 23.2. The van der Waals surface area contributed by atoms with Gasteiger partial charge in [0.1, 0.15) is 19.2 Å². The maximum absolute atomic E-state index is 12.7. The second-order valence-electron chi connectivity index (χ2n) is 9.30. The number of amides is 1. The molecule has 1 saturated carbocycles. The summed E-state index contributed by atoms with van der Waals surface area (Å²) in [6.45, 7) is 0.537. The third-order valence-corrected chi connectivity index (χ3v) is 6.90. The number of para-hydroxylation sites is 1. The zero-order valence-corrected chi connectivity index (χ0v) is 19.8. The number of hydrogen-bond acceptors (Lipinski definition) is 4. The molecule has 1 fully saturated rings. The number of benzene rings is 2. The number of nitrogens with zero attached hydrogens (tertiary/aromatic N) is 3. The van der Waals surface area contributed by atoms with Crippen LogP contribution in [0.3, 0.4) is 0 Å². The van der Waals surface area contributed by atoms with Gasteiger partial charge in [0.15, 0.2) is 0 Å². The Bertz CT molecular complexity index is 1330. The first-order valence-electron chi connectivity index (χ1n) is 12.4. The van der Waals surface area contributed by atoms with Crippen LogP contribution in [-0.4, -0.2) is 40.0 Å². The van der Waals surface area contributed by atoms with E-state index in [1.807, 2.05) is 30.3 Å². The summed E-state index contributed by atoms with van der Waals surface area (Å²) in [5, 5.41) is 17.7.